The Kier molecular flexibility index (Phi) is 2.71. The first-order chi connectivity index (χ1) is 8.65. The van der Waals surface area contributed by atoms with Crippen LogP contribution in [0.1, 0.15) is 16.8 Å². The van der Waals surface area contributed by atoms with E-state index in [1.807, 2.05) is 26.0 Å². The third-order valence-corrected chi connectivity index (χ3v) is 3.65. The highest BCUT2D eigenvalue weighted by molar-refractivity contribution is 6.30. The summed E-state index contributed by atoms with van der Waals surface area (Å²) in [5, 5.41) is 0.522. The molecular weight excluding hydrogens is 248 g/mol. The van der Waals surface area contributed by atoms with Crippen LogP contribution in [0.25, 0.3) is 11.4 Å². The number of hydrogen-bond donors (Lipinski definition) is 0. The fourth-order valence-electron chi connectivity index (χ4n) is 2.05. The Morgan fingerprint density at radius 2 is 2.06 bits per heavy atom. The lowest BCUT2D eigenvalue weighted by atomic mass is 10.1. The van der Waals surface area contributed by atoms with Crippen LogP contribution in [0.5, 0.6) is 5.75 Å². The molecule has 1 aliphatic heterocycles. The molecule has 1 aromatic carbocycles. The smallest absolute Gasteiger partial charge is 0.161 e. The Morgan fingerprint density at radius 1 is 1.22 bits per heavy atom. The summed E-state index contributed by atoms with van der Waals surface area (Å²) in [4.78, 5) is 8.84. The third kappa shape index (κ3) is 1.85. The van der Waals surface area contributed by atoms with Crippen LogP contribution in [0, 0.1) is 13.8 Å². The second kappa shape index (κ2) is 4.25. The maximum absolute atomic E-state index is 6.11. The van der Waals surface area contributed by atoms with Crippen molar-refractivity contribution in [2.75, 3.05) is 6.61 Å². The number of benzene rings is 1. The Bertz CT molecular complexity index is 602. The van der Waals surface area contributed by atoms with Gasteiger partial charge >= 0.3 is 0 Å². The van der Waals surface area contributed by atoms with E-state index in [0.29, 0.717) is 11.0 Å². The van der Waals surface area contributed by atoms with Crippen LogP contribution in [-0.2, 0) is 6.42 Å². The average Bonchev–Trinajstić information content (AvgIpc) is 2.82. The third-order valence-electron chi connectivity index (χ3n) is 3.28. The van der Waals surface area contributed by atoms with Gasteiger partial charge in [-0.1, -0.05) is 11.6 Å². The first kappa shape index (κ1) is 11.5. The zero-order chi connectivity index (χ0) is 12.7. The van der Waals surface area contributed by atoms with E-state index in [4.69, 9.17) is 16.3 Å². The van der Waals surface area contributed by atoms with E-state index >= 15 is 0 Å². The molecule has 4 heteroatoms. The van der Waals surface area contributed by atoms with Crippen LogP contribution >= 0.6 is 11.6 Å². The first-order valence-corrected chi connectivity index (χ1v) is 6.30. The van der Waals surface area contributed by atoms with E-state index in [9.17, 15) is 0 Å². The number of ether oxygens (including phenoxy) is 1. The number of aromatic nitrogens is 2. The number of nitrogens with zero attached hydrogens (tertiary/aromatic N) is 2. The standard InChI is InChI=1S/C14H13ClN2O/c1-8-9(2)16-14(17-13(8)15)11-3-4-12-10(7-11)5-6-18-12/h3-4,7H,5-6H2,1-2H3. The van der Waals surface area contributed by atoms with E-state index in [1.165, 1.54) is 5.56 Å². The Labute approximate surface area is 111 Å². The highest BCUT2D eigenvalue weighted by Gasteiger charge is 2.14. The van der Waals surface area contributed by atoms with Crippen LogP contribution < -0.4 is 4.74 Å². The van der Waals surface area contributed by atoms with Crippen molar-refractivity contribution < 1.29 is 4.74 Å². The van der Waals surface area contributed by atoms with Crippen LogP contribution in [0.15, 0.2) is 18.2 Å². The number of halogens is 1. The minimum absolute atomic E-state index is 0.522. The normalized spacial score (nSPS) is 13.3. The average molecular weight is 261 g/mol. The first-order valence-electron chi connectivity index (χ1n) is 5.92. The minimum atomic E-state index is 0.522. The van der Waals surface area contributed by atoms with Gasteiger partial charge in [0, 0.05) is 23.2 Å². The zero-order valence-electron chi connectivity index (χ0n) is 10.3. The van der Waals surface area contributed by atoms with Crippen molar-refractivity contribution >= 4 is 11.6 Å². The molecule has 3 rings (SSSR count). The van der Waals surface area contributed by atoms with Crippen molar-refractivity contribution in [1.82, 2.24) is 9.97 Å². The summed E-state index contributed by atoms with van der Waals surface area (Å²) in [5.74, 6) is 1.64. The molecule has 0 amide bonds. The zero-order valence-corrected chi connectivity index (χ0v) is 11.1. The SMILES string of the molecule is Cc1nc(-c2ccc3c(c2)CCO3)nc(Cl)c1C. The van der Waals surface area contributed by atoms with E-state index in [1.54, 1.807) is 0 Å². The molecule has 92 valence electrons. The van der Waals surface area contributed by atoms with Crippen LogP contribution in [0.3, 0.4) is 0 Å². The number of fused-ring (bicyclic) bond motifs is 1. The molecule has 0 N–H and O–H groups in total. The van der Waals surface area contributed by atoms with E-state index in [2.05, 4.69) is 16.0 Å². The molecule has 1 aromatic heterocycles. The van der Waals surface area contributed by atoms with E-state index in [0.717, 1.165) is 35.6 Å². The van der Waals surface area contributed by atoms with Gasteiger partial charge in [-0.2, -0.15) is 0 Å². The molecule has 0 aliphatic carbocycles. The van der Waals surface area contributed by atoms with Crippen molar-refractivity contribution in [2.24, 2.45) is 0 Å². The molecule has 1 aliphatic rings. The lowest BCUT2D eigenvalue weighted by molar-refractivity contribution is 0.357. The van der Waals surface area contributed by atoms with E-state index in [-0.39, 0.29) is 0 Å². The predicted octanol–water partition coefficient (Wildman–Crippen LogP) is 3.35. The van der Waals surface area contributed by atoms with Gasteiger partial charge in [0.2, 0.25) is 0 Å². The summed E-state index contributed by atoms with van der Waals surface area (Å²) in [6, 6.07) is 6.04. The largest absolute Gasteiger partial charge is 0.493 e. The molecule has 2 heterocycles. The summed E-state index contributed by atoms with van der Waals surface area (Å²) in [5.41, 5.74) is 4.06. The summed E-state index contributed by atoms with van der Waals surface area (Å²) in [7, 11) is 0. The van der Waals surface area contributed by atoms with Crippen molar-refractivity contribution in [3.8, 4) is 17.1 Å². The Morgan fingerprint density at radius 3 is 2.83 bits per heavy atom. The number of rotatable bonds is 1. The monoisotopic (exact) mass is 260 g/mol. The quantitative estimate of drug-likeness (QED) is 0.738. The summed E-state index contributed by atoms with van der Waals surface area (Å²) in [6.07, 6.45) is 0.946. The van der Waals surface area contributed by atoms with Crippen molar-refractivity contribution in [3.63, 3.8) is 0 Å². The fourth-order valence-corrected chi connectivity index (χ4v) is 2.27. The fraction of sp³-hybridized carbons (Fsp3) is 0.286. The van der Waals surface area contributed by atoms with Gasteiger partial charge in [0.15, 0.2) is 5.82 Å². The maximum atomic E-state index is 6.11. The van der Waals surface area contributed by atoms with Gasteiger partial charge in [-0.05, 0) is 37.6 Å². The number of hydrogen-bond acceptors (Lipinski definition) is 3. The molecule has 3 nitrogen and oxygen atoms in total. The highest BCUT2D eigenvalue weighted by atomic mass is 35.5. The molecule has 0 saturated carbocycles. The van der Waals surface area contributed by atoms with Crippen molar-refractivity contribution in [2.45, 2.75) is 20.3 Å². The molecule has 0 atom stereocenters. The second-order valence-corrected chi connectivity index (χ2v) is 4.83. The summed E-state index contributed by atoms with van der Waals surface area (Å²) < 4.78 is 5.49. The lowest BCUT2D eigenvalue weighted by Crippen LogP contribution is -1.96. The molecule has 0 unspecified atom stereocenters. The second-order valence-electron chi connectivity index (χ2n) is 4.47. The van der Waals surface area contributed by atoms with Crippen molar-refractivity contribution in [1.29, 1.82) is 0 Å². The van der Waals surface area contributed by atoms with Gasteiger partial charge < -0.3 is 4.74 Å². The van der Waals surface area contributed by atoms with Crippen molar-refractivity contribution in [3.05, 3.63) is 40.2 Å². The highest BCUT2D eigenvalue weighted by Crippen LogP contribution is 2.30. The van der Waals surface area contributed by atoms with Gasteiger partial charge in [-0.25, -0.2) is 9.97 Å². The molecular formula is C14H13ClN2O. The Hall–Kier alpha value is -1.61. The predicted molar refractivity (Wildman–Crippen MR) is 71.2 cm³/mol. The molecule has 0 fully saturated rings. The summed E-state index contributed by atoms with van der Waals surface area (Å²) >= 11 is 6.11. The Balaban J connectivity index is 2.10. The maximum Gasteiger partial charge on any atom is 0.161 e. The number of aryl methyl sites for hydroxylation is 1. The molecule has 2 aromatic rings. The van der Waals surface area contributed by atoms with Crippen LogP contribution in [0.2, 0.25) is 5.15 Å². The van der Waals surface area contributed by atoms with Gasteiger partial charge in [0.1, 0.15) is 10.9 Å². The molecule has 18 heavy (non-hydrogen) atoms. The van der Waals surface area contributed by atoms with Gasteiger partial charge in [0.25, 0.3) is 0 Å². The van der Waals surface area contributed by atoms with Crippen LogP contribution in [-0.4, -0.2) is 16.6 Å². The minimum Gasteiger partial charge on any atom is -0.493 e. The van der Waals surface area contributed by atoms with Gasteiger partial charge in [-0.15, -0.1) is 0 Å². The molecule has 0 spiro atoms. The molecule has 0 saturated heterocycles. The van der Waals surface area contributed by atoms with E-state index < -0.39 is 0 Å². The topological polar surface area (TPSA) is 35.0 Å². The van der Waals surface area contributed by atoms with Crippen LogP contribution in [0.4, 0.5) is 0 Å². The van der Waals surface area contributed by atoms with Gasteiger partial charge in [-0.3, -0.25) is 0 Å². The molecule has 0 radical (unpaired) electrons. The lowest BCUT2D eigenvalue weighted by Gasteiger charge is -2.07. The summed E-state index contributed by atoms with van der Waals surface area (Å²) in [6.45, 7) is 4.63. The molecule has 0 bridgehead atoms. The van der Waals surface area contributed by atoms with Gasteiger partial charge in [0.05, 0.1) is 6.61 Å².